The molecule has 0 radical (unpaired) electrons. The van der Waals surface area contributed by atoms with Crippen molar-refractivity contribution in [3.05, 3.63) is 63.9 Å². The number of carbonyl (C=O) groups is 1. The highest BCUT2D eigenvalue weighted by molar-refractivity contribution is 8.00. The summed E-state index contributed by atoms with van der Waals surface area (Å²) in [4.78, 5) is 30.8. The minimum Gasteiger partial charge on any atom is -0.383 e. The lowest BCUT2D eigenvalue weighted by Crippen LogP contribution is -2.30. The van der Waals surface area contributed by atoms with Gasteiger partial charge >= 0.3 is 0 Å². The van der Waals surface area contributed by atoms with Gasteiger partial charge in [0, 0.05) is 12.8 Å². The van der Waals surface area contributed by atoms with Crippen molar-refractivity contribution in [1.82, 2.24) is 9.55 Å². The number of methoxy groups -OCH3 is 1. The van der Waals surface area contributed by atoms with Crippen molar-refractivity contribution in [1.29, 1.82) is 0 Å². The molecule has 1 N–H and O–H groups in total. The molecule has 1 aliphatic rings. The maximum absolute atomic E-state index is 13.2. The van der Waals surface area contributed by atoms with Gasteiger partial charge in [-0.15, -0.1) is 0 Å². The van der Waals surface area contributed by atoms with E-state index in [-0.39, 0.29) is 17.5 Å². The number of nitrogens with one attached hydrogen (secondary N) is 1. The number of anilines is 1. The zero-order valence-electron chi connectivity index (χ0n) is 18.1. The van der Waals surface area contributed by atoms with Gasteiger partial charge in [0.2, 0.25) is 5.91 Å². The first-order valence-corrected chi connectivity index (χ1v) is 11.5. The number of nitrogens with zero attached hydrogens (tertiary/aromatic N) is 2. The topological polar surface area (TPSA) is 73.2 Å². The van der Waals surface area contributed by atoms with Crippen LogP contribution in [0.4, 0.5) is 5.69 Å². The highest BCUT2D eigenvalue weighted by Gasteiger charge is 2.22. The molecule has 2 unspecified atom stereocenters. The van der Waals surface area contributed by atoms with Gasteiger partial charge in [-0.2, -0.15) is 0 Å². The second kappa shape index (κ2) is 9.24. The van der Waals surface area contributed by atoms with Gasteiger partial charge in [0.25, 0.3) is 5.56 Å². The number of aromatic nitrogens is 2. The zero-order valence-corrected chi connectivity index (χ0v) is 18.9. The highest BCUT2D eigenvalue weighted by atomic mass is 32.2. The molecule has 0 aliphatic heterocycles. The lowest BCUT2D eigenvalue weighted by Gasteiger charge is -2.20. The summed E-state index contributed by atoms with van der Waals surface area (Å²) < 4.78 is 6.91. The number of benzene rings is 2. The van der Waals surface area contributed by atoms with Crippen LogP contribution in [-0.4, -0.2) is 34.4 Å². The molecule has 0 saturated carbocycles. The second-order valence-corrected chi connectivity index (χ2v) is 9.29. The number of hydrogen-bond donors (Lipinski definition) is 1. The quantitative estimate of drug-likeness (QED) is 0.443. The van der Waals surface area contributed by atoms with E-state index < -0.39 is 5.25 Å². The van der Waals surface area contributed by atoms with Crippen LogP contribution < -0.4 is 10.9 Å². The first-order chi connectivity index (χ1) is 15.0. The van der Waals surface area contributed by atoms with Crippen LogP contribution in [0.2, 0.25) is 0 Å². The third kappa shape index (κ3) is 4.52. The minimum atomic E-state index is -0.428. The Morgan fingerprint density at radius 2 is 1.97 bits per heavy atom. The maximum Gasteiger partial charge on any atom is 0.262 e. The standard InChI is InChI=1S/C24H27N3O3S/c1-15(14-30-3)27-23(29)20-9-4-5-10-21(20)26-24(27)31-16(2)22(28)25-19-12-11-17-7-6-8-18(17)13-19/h4-5,9-13,15-16H,6-8,14H2,1-3H3,(H,25,28). The van der Waals surface area contributed by atoms with Gasteiger partial charge in [-0.05, 0) is 68.5 Å². The van der Waals surface area contributed by atoms with E-state index in [9.17, 15) is 9.59 Å². The minimum absolute atomic E-state index is 0.115. The fourth-order valence-electron chi connectivity index (χ4n) is 4.02. The first-order valence-electron chi connectivity index (χ1n) is 10.6. The van der Waals surface area contributed by atoms with Crippen LogP contribution in [0.5, 0.6) is 0 Å². The van der Waals surface area contributed by atoms with Crippen LogP contribution in [0.25, 0.3) is 10.9 Å². The Hall–Kier alpha value is -2.64. The van der Waals surface area contributed by atoms with Crippen LogP contribution in [0.1, 0.15) is 37.4 Å². The Labute approximate surface area is 186 Å². The van der Waals surface area contributed by atoms with Crippen molar-refractivity contribution < 1.29 is 9.53 Å². The monoisotopic (exact) mass is 437 g/mol. The fourth-order valence-corrected chi connectivity index (χ4v) is 5.03. The fraction of sp³-hybridized carbons (Fsp3) is 0.375. The predicted molar refractivity (Wildman–Crippen MR) is 125 cm³/mol. The smallest absolute Gasteiger partial charge is 0.262 e. The third-order valence-electron chi connectivity index (χ3n) is 5.64. The molecule has 0 bridgehead atoms. The van der Waals surface area contributed by atoms with E-state index in [0.717, 1.165) is 18.5 Å². The molecule has 6 nitrogen and oxygen atoms in total. The van der Waals surface area contributed by atoms with Crippen molar-refractivity contribution in [3.8, 4) is 0 Å². The van der Waals surface area contributed by atoms with E-state index in [0.29, 0.717) is 22.7 Å². The van der Waals surface area contributed by atoms with Gasteiger partial charge in [-0.3, -0.25) is 14.2 Å². The molecule has 1 aliphatic carbocycles. The summed E-state index contributed by atoms with van der Waals surface area (Å²) in [5.74, 6) is -0.115. The Bertz CT molecular complexity index is 1170. The lowest BCUT2D eigenvalue weighted by molar-refractivity contribution is -0.115. The summed E-state index contributed by atoms with van der Waals surface area (Å²) in [6, 6.07) is 13.2. The highest BCUT2D eigenvalue weighted by Crippen LogP contribution is 2.28. The van der Waals surface area contributed by atoms with Gasteiger partial charge in [0.1, 0.15) is 0 Å². The predicted octanol–water partition coefficient (Wildman–Crippen LogP) is 4.21. The molecular weight excluding hydrogens is 410 g/mol. The van der Waals surface area contributed by atoms with Gasteiger partial charge < -0.3 is 10.1 Å². The number of thioether (sulfide) groups is 1. The molecule has 2 atom stereocenters. The Morgan fingerprint density at radius 1 is 1.19 bits per heavy atom. The average molecular weight is 438 g/mol. The molecule has 4 rings (SSSR count). The van der Waals surface area contributed by atoms with Gasteiger partial charge in [0.15, 0.2) is 5.16 Å². The Kier molecular flexibility index (Phi) is 6.43. The number of para-hydroxylation sites is 1. The van der Waals surface area contributed by atoms with E-state index in [4.69, 9.17) is 9.72 Å². The van der Waals surface area contributed by atoms with Gasteiger partial charge in [-0.25, -0.2) is 4.98 Å². The molecular formula is C24H27N3O3S. The molecule has 1 amide bonds. The summed E-state index contributed by atoms with van der Waals surface area (Å²) in [5.41, 5.74) is 4.01. The molecule has 2 aromatic carbocycles. The normalized spacial score (nSPS) is 14.9. The molecule has 0 spiro atoms. The zero-order chi connectivity index (χ0) is 22.0. The van der Waals surface area contributed by atoms with Crippen LogP contribution in [0.3, 0.4) is 0 Å². The number of rotatable bonds is 7. The summed E-state index contributed by atoms with van der Waals surface area (Å²) in [6.07, 6.45) is 3.35. The van der Waals surface area contributed by atoms with Crippen LogP contribution in [0.15, 0.2) is 52.4 Å². The molecule has 7 heteroatoms. The first kappa shape index (κ1) is 21.6. The lowest BCUT2D eigenvalue weighted by atomic mass is 10.1. The SMILES string of the molecule is COCC(C)n1c(SC(C)C(=O)Nc2ccc3c(c2)CCC3)nc2ccccc2c1=O. The van der Waals surface area contributed by atoms with Crippen molar-refractivity contribution in [2.75, 3.05) is 19.0 Å². The second-order valence-electron chi connectivity index (χ2n) is 7.98. The number of fused-ring (bicyclic) bond motifs is 2. The van der Waals surface area contributed by atoms with E-state index in [1.54, 1.807) is 17.7 Å². The number of aryl methyl sites for hydroxylation is 2. The maximum atomic E-state index is 13.2. The summed E-state index contributed by atoms with van der Waals surface area (Å²) in [7, 11) is 1.61. The van der Waals surface area contributed by atoms with Crippen molar-refractivity contribution >= 4 is 34.3 Å². The largest absolute Gasteiger partial charge is 0.383 e. The van der Waals surface area contributed by atoms with Gasteiger partial charge in [0.05, 0.1) is 28.8 Å². The number of amides is 1. The van der Waals surface area contributed by atoms with E-state index in [2.05, 4.69) is 17.4 Å². The molecule has 0 fully saturated rings. The average Bonchev–Trinajstić information content (AvgIpc) is 3.22. The van der Waals surface area contributed by atoms with Crippen molar-refractivity contribution in [3.63, 3.8) is 0 Å². The molecule has 31 heavy (non-hydrogen) atoms. The van der Waals surface area contributed by atoms with Crippen molar-refractivity contribution in [2.45, 2.75) is 49.6 Å². The summed E-state index contributed by atoms with van der Waals surface area (Å²) in [6.45, 7) is 4.13. The third-order valence-corrected chi connectivity index (χ3v) is 6.71. The molecule has 3 aromatic rings. The van der Waals surface area contributed by atoms with Crippen LogP contribution in [-0.2, 0) is 22.4 Å². The van der Waals surface area contributed by atoms with E-state index in [1.165, 1.54) is 29.3 Å². The summed E-state index contributed by atoms with van der Waals surface area (Å²) >= 11 is 1.29. The van der Waals surface area contributed by atoms with Crippen molar-refractivity contribution in [2.24, 2.45) is 0 Å². The van der Waals surface area contributed by atoms with Crippen LogP contribution >= 0.6 is 11.8 Å². The van der Waals surface area contributed by atoms with E-state index >= 15 is 0 Å². The number of hydrogen-bond acceptors (Lipinski definition) is 5. The Balaban J connectivity index is 1.59. The van der Waals surface area contributed by atoms with E-state index in [1.807, 2.05) is 38.1 Å². The van der Waals surface area contributed by atoms with Crippen LogP contribution in [0, 0.1) is 0 Å². The molecule has 162 valence electrons. The molecule has 1 aromatic heterocycles. The number of carbonyl (C=O) groups excluding carboxylic acids is 1. The summed E-state index contributed by atoms with van der Waals surface area (Å²) in [5, 5.41) is 3.67. The van der Waals surface area contributed by atoms with Gasteiger partial charge in [-0.1, -0.05) is 30.0 Å². The number of ether oxygens (including phenoxy) is 1. The molecule has 0 saturated heterocycles. The Morgan fingerprint density at radius 3 is 2.77 bits per heavy atom. The molecule has 1 heterocycles.